The van der Waals surface area contributed by atoms with E-state index in [1.807, 2.05) is 6.07 Å². The third-order valence-electron chi connectivity index (χ3n) is 3.33. The highest BCUT2D eigenvalue weighted by Gasteiger charge is 2.12. The number of rotatable bonds is 5. The van der Waals surface area contributed by atoms with Crippen molar-refractivity contribution in [1.82, 2.24) is 0 Å². The largest absolute Gasteiger partial charge is 0.497 e. The quantitative estimate of drug-likeness (QED) is 0.788. The topological polar surface area (TPSA) is 51.5 Å². The number of benzene rings is 2. The fraction of sp³-hybridized carbons (Fsp3) is 0.167. The Balaban J connectivity index is 2.58. The lowest BCUT2D eigenvalue weighted by Gasteiger charge is -2.12. The summed E-state index contributed by atoms with van der Waals surface area (Å²) in [5.74, 6) is 0.811. The van der Waals surface area contributed by atoms with E-state index in [-0.39, 0.29) is 5.75 Å². The minimum atomic E-state index is -0.497. The molecule has 4 nitrogen and oxygen atoms in total. The molecule has 118 valence electrons. The van der Waals surface area contributed by atoms with Gasteiger partial charge in [0.25, 0.3) is 0 Å². The summed E-state index contributed by atoms with van der Waals surface area (Å²) in [5, 5.41) is 9.08. The zero-order chi connectivity index (χ0) is 16.8. The lowest BCUT2D eigenvalue weighted by Crippen LogP contribution is -1.95. The molecule has 0 fully saturated rings. The first kappa shape index (κ1) is 16.4. The third kappa shape index (κ3) is 3.61. The van der Waals surface area contributed by atoms with Gasteiger partial charge in [-0.1, -0.05) is 6.07 Å². The maximum Gasteiger partial charge on any atom is 0.165 e. The predicted octanol–water partition coefficient (Wildman–Crippen LogP) is 3.81. The number of halogens is 1. The summed E-state index contributed by atoms with van der Waals surface area (Å²) < 4.78 is 29.4. The Kier molecular flexibility index (Phi) is 5.21. The van der Waals surface area contributed by atoms with E-state index < -0.39 is 5.82 Å². The molecule has 0 aliphatic carbocycles. The number of ether oxygens (including phenoxy) is 3. The van der Waals surface area contributed by atoms with E-state index >= 15 is 0 Å². The number of nitrogens with zero attached hydrogens (tertiary/aromatic N) is 1. The van der Waals surface area contributed by atoms with Crippen LogP contribution in [-0.2, 0) is 0 Å². The van der Waals surface area contributed by atoms with Gasteiger partial charge in [-0.25, -0.2) is 4.39 Å². The molecule has 5 heteroatoms. The van der Waals surface area contributed by atoms with Gasteiger partial charge in [0, 0.05) is 12.1 Å². The molecule has 0 heterocycles. The molecule has 2 aromatic carbocycles. The minimum Gasteiger partial charge on any atom is -0.497 e. The van der Waals surface area contributed by atoms with Crippen molar-refractivity contribution in [2.75, 3.05) is 21.3 Å². The summed E-state index contributed by atoms with van der Waals surface area (Å²) in [5.41, 5.74) is 1.80. The third-order valence-corrected chi connectivity index (χ3v) is 3.33. The molecule has 0 saturated carbocycles. The molecule has 0 N–H and O–H groups in total. The van der Waals surface area contributed by atoms with Gasteiger partial charge in [-0.15, -0.1) is 0 Å². The van der Waals surface area contributed by atoms with Crippen LogP contribution in [0.15, 0.2) is 42.5 Å². The van der Waals surface area contributed by atoms with Gasteiger partial charge >= 0.3 is 0 Å². The van der Waals surface area contributed by atoms with E-state index in [9.17, 15) is 4.39 Å². The van der Waals surface area contributed by atoms with Crippen molar-refractivity contribution < 1.29 is 18.6 Å². The van der Waals surface area contributed by atoms with Gasteiger partial charge in [-0.3, -0.25) is 0 Å². The van der Waals surface area contributed by atoms with Crippen molar-refractivity contribution >= 4 is 5.57 Å². The van der Waals surface area contributed by atoms with Gasteiger partial charge in [0.2, 0.25) is 0 Å². The van der Waals surface area contributed by atoms with E-state index in [4.69, 9.17) is 19.5 Å². The highest BCUT2D eigenvalue weighted by Crippen LogP contribution is 2.32. The normalized spacial score (nSPS) is 10.8. The van der Waals surface area contributed by atoms with Gasteiger partial charge in [-0.2, -0.15) is 5.26 Å². The number of hydrogen-bond donors (Lipinski definition) is 0. The minimum absolute atomic E-state index is 0.147. The lowest BCUT2D eigenvalue weighted by molar-refractivity contribution is 0.386. The summed E-state index contributed by atoms with van der Waals surface area (Å²) in [6.07, 6.45) is 1.36. The molecule has 0 atom stereocenters. The molecule has 0 aliphatic rings. The zero-order valence-electron chi connectivity index (χ0n) is 13.1. The first-order valence-electron chi connectivity index (χ1n) is 6.80. The summed E-state index contributed by atoms with van der Waals surface area (Å²) in [6, 6.07) is 11.8. The van der Waals surface area contributed by atoms with Crippen LogP contribution in [0.25, 0.3) is 5.57 Å². The Bertz CT molecular complexity index is 756. The molecule has 0 bridgehead atoms. The van der Waals surface area contributed by atoms with Gasteiger partial charge in [0.15, 0.2) is 11.6 Å². The van der Waals surface area contributed by atoms with E-state index in [1.54, 1.807) is 38.5 Å². The van der Waals surface area contributed by atoms with Crippen LogP contribution in [0.4, 0.5) is 4.39 Å². The highest BCUT2D eigenvalue weighted by molar-refractivity contribution is 5.82. The van der Waals surface area contributed by atoms with Crippen LogP contribution in [0, 0.1) is 17.1 Å². The average molecular weight is 313 g/mol. The number of nitriles is 1. The maximum atomic E-state index is 14.0. The van der Waals surface area contributed by atoms with Gasteiger partial charge in [0.1, 0.15) is 11.5 Å². The highest BCUT2D eigenvalue weighted by atomic mass is 19.1. The number of allylic oxidation sites excluding steroid dienone is 1. The number of hydrogen-bond acceptors (Lipinski definition) is 4. The summed E-state index contributed by atoms with van der Waals surface area (Å²) >= 11 is 0. The number of methoxy groups -OCH3 is 3. The Morgan fingerprint density at radius 2 is 1.61 bits per heavy atom. The molecule has 2 aromatic rings. The second-order valence-electron chi connectivity index (χ2n) is 4.64. The van der Waals surface area contributed by atoms with Crippen LogP contribution in [-0.4, -0.2) is 21.3 Å². The average Bonchev–Trinajstić information content (AvgIpc) is 2.59. The maximum absolute atomic E-state index is 14.0. The van der Waals surface area contributed by atoms with Crippen molar-refractivity contribution in [2.45, 2.75) is 0 Å². The molecule has 23 heavy (non-hydrogen) atoms. The summed E-state index contributed by atoms with van der Waals surface area (Å²) in [4.78, 5) is 0. The Morgan fingerprint density at radius 1 is 0.957 bits per heavy atom. The second-order valence-corrected chi connectivity index (χ2v) is 4.64. The monoisotopic (exact) mass is 313 g/mol. The van der Waals surface area contributed by atoms with Crippen LogP contribution in [0.2, 0.25) is 0 Å². The smallest absolute Gasteiger partial charge is 0.165 e. The lowest BCUT2D eigenvalue weighted by atomic mass is 9.97. The molecule has 0 spiro atoms. The summed E-state index contributed by atoms with van der Waals surface area (Å²) in [7, 11) is 4.48. The van der Waals surface area contributed by atoms with Crippen LogP contribution >= 0.6 is 0 Å². The van der Waals surface area contributed by atoms with Crippen molar-refractivity contribution in [1.29, 1.82) is 5.26 Å². The Hall–Kier alpha value is -3.00. The Morgan fingerprint density at radius 3 is 2.09 bits per heavy atom. The van der Waals surface area contributed by atoms with Crippen molar-refractivity contribution in [3.05, 3.63) is 59.4 Å². The van der Waals surface area contributed by atoms with E-state index in [0.717, 1.165) is 0 Å². The zero-order valence-corrected chi connectivity index (χ0v) is 13.1. The van der Waals surface area contributed by atoms with Crippen LogP contribution in [0.3, 0.4) is 0 Å². The fourth-order valence-electron chi connectivity index (χ4n) is 2.19. The molecule has 0 radical (unpaired) electrons. The fourth-order valence-corrected chi connectivity index (χ4v) is 2.19. The van der Waals surface area contributed by atoms with E-state index in [1.165, 1.54) is 25.3 Å². The van der Waals surface area contributed by atoms with Crippen LogP contribution < -0.4 is 14.2 Å². The van der Waals surface area contributed by atoms with Gasteiger partial charge in [-0.05, 0) is 41.0 Å². The molecule has 0 aromatic heterocycles. The first-order valence-corrected chi connectivity index (χ1v) is 6.80. The predicted molar refractivity (Wildman–Crippen MR) is 85.2 cm³/mol. The van der Waals surface area contributed by atoms with Gasteiger partial charge < -0.3 is 14.2 Å². The molecule has 0 amide bonds. The molecular formula is C18H16FNO3. The molecule has 2 rings (SSSR count). The molecule has 0 saturated heterocycles. The molecule has 0 aliphatic heterocycles. The van der Waals surface area contributed by atoms with Crippen molar-refractivity contribution in [2.24, 2.45) is 0 Å². The van der Waals surface area contributed by atoms with Crippen molar-refractivity contribution in [3.63, 3.8) is 0 Å². The molecular weight excluding hydrogens is 297 g/mol. The van der Waals surface area contributed by atoms with E-state index in [2.05, 4.69) is 0 Å². The molecule has 0 unspecified atom stereocenters. The van der Waals surface area contributed by atoms with E-state index in [0.29, 0.717) is 28.2 Å². The standard InChI is InChI=1S/C18H16FNO3/c1-21-14-8-13(9-15(11-14)22-2)16(6-7-20)12-4-5-18(23-3)17(19)10-12/h4-6,8-11H,1-3H3/b16-6-. The second kappa shape index (κ2) is 7.32. The Labute approximate surface area is 134 Å². The van der Waals surface area contributed by atoms with Crippen molar-refractivity contribution in [3.8, 4) is 23.3 Å². The van der Waals surface area contributed by atoms with Crippen LogP contribution in [0.5, 0.6) is 17.2 Å². The first-order chi connectivity index (χ1) is 11.1. The summed E-state index contributed by atoms with van der Waals surface area (Å²) in [6.45, 7) is 0. The SMILES string of the molecule is COc1cc(OC)cc(/C(=C\C#N)c2ccc(OC)c(F)c2)c1. The van der Waals surface area contributed by atoms with Crippen LogP contribution in [0.1, 0.15) is 11.1 Å². The van der Waals surface area contributed by atoms with Gasteiger partial charge in [0.05, 0.1) is 27.4 Å².